The fourth-order valence-corrected chi connectivity index (χ4v) is 4.05. The van der Waals surface area contributed by atoms with Crippen LogP contribution in [0.15, 0.2) is 18.2 Å². The fraction of sp³-hybridized carbons (Fsp3) is 0.556. The van der Waals surface area contributed by atoms with E-state index in [4.69, 9.17) is 0 Å². The smallest absolute Gasteiger partial charge is 0.223 e. The van der Waals surface area contributed by atoms with Crippen LogP contribution in [0.5, 0.6) is 0 Å². The van der Waals surface area contributed by atoms with Crippen LogP contribution in [0, 0.1) is 17.2 Å². The molecule has 2 aliphatic rings. The number of nitrogens with zero attached hydrogens (tertiary/aromatic N) is 2. The summed E-state index contributed by atoms with van der Waals surface area (Å²) in [5.41, 5.74) is 1.84. The van der Waals surface area contributed by atoms with E-state index in [0.29, 0.717) is 13.0 Å². The maximum absolute atomic E-state index is 13.4. The second-order valence-electron chi connectivity index (χ2n) is 7.13. The Morgan fingerprint density at radius 2 is 2.25 bits per heavy atom. The Balaban J connectivity index is 1.34. The van der Waals surface area contributed by atoms with Crippen molar-refractivity contribution in [3.05, 3.63) is 29.8 Å². The van der Waals surface area contributed by atoms with Gasteiger partial charge in [0.25, 0.3) is 0 Å². The Labute approximate surface area is 140 Å². The van der Waals surface area contributed by atoms with Crippen molar-refractivity contribution >= 4 is 16.9 Å². The molecule has 2 fully saturated rings. The number of benzene rings is 1. The minimum Gasteiger partial charge on any atom is -0.355 e. The van der Waals surface area contributed by atoms with Gasteiger partial charge in [-0.15, -0.1) is 0 Å². The number of nitrogens with one attached hydrogen (secondary N) is 2. The molecule has 2 N–H and O–H groups in total. The van der Waals surface area contributed by atoms with Crippen molar-refractivity contribution < 1.29 is 9.18 Å². The number of piperidine rings is 1. The van der Waals surface area contributed by atoms with Crippen molar-refractivity contribution in [2.24, 2.45) is 18.4 Å². The largest absolute Gasteiger partial charge is 0.355 e. The Hall–Kier alpha value is -1.95. The summed E-state index contributed by atoms with van der Waals surface area (Å²) in [6, 6.07) is 4.61. The van der Waals surface area contributed by atoms with Gasteiger partial charge in [0.1, 0.15) is 11.6 Å². The standard InChI is InChI=1S/C18H23FN4O/c1-23-15-10-12(19)2-3-14(15)22-16(23)4-7-21-17(24)13-11-18(13)5-8-20-9-6-18/h2-3,10,13,20H,4-9,11H2,1H3,(H,21,24). The maximum atomic E-state index is 13.4. The molecule has 128 valence electrons. The van der Waals surface area contributed by atoms with E-state index < -0.39 is 0 Å². The maximum Gasteiger partial charge on any atom is 0.223 e. The zero-order valence-corrected chi connectivity index (χ0v) is 13.9. The summed E-state index contributed by atoms with van der Waals surface area (Å²) < 4.78 is 15.2. The van der Waals surface area contributed by atoms with Crippen molar-refractivity contribution in [1.29, 1.82) is 0 Å². The molecule has 1 saturated carbocycles. The SMILES string of the molecule is Cn1c(CCNC(=O)C2CC23CCNCC3)nc2ccc(F)cc21. The molecule has 5 nitrogen and oxygen atoms in total. The van der Waals surface area contributed by atoms with Crippen LogP contribution in [0.4, 0.5) is 4.39 Å². The molecule has 1 aliphatic heterocycles. The summed E-state index contributed by atoms with van der Waals surface area (Å²) in [7, 11) is 1.89. The number of hydrogen-bond acceptors (Lipinski definition) is 3. The lowest BCUT2D eigenvalue weighted by Crippen LogP contribution is -2.34. The van der Waals surface area contributed by atoms with Gasteiger partial charge in [0.15, 0.2) is 0 Å². The van der Waals surface area contributed by atoms with Crippen LogP contribution in [0.2, 0.25) is 0 Å². The highest BCUT2D eigenvalue weighted by Crippen LogP contribution is 2.58. The first-order valence-electron chi connectivity index (χ1n) is 8.68. The molecular formula is C18H23FN4O. The second-order valence-corrected chi connectivity index (χ2v) is 7.13. The zero-order valence-electron chi connectivity index (χ0n) is 13.9. The number of aromatic nitrogens is 2. The summed E-state index contributed by atoms with van der Waals surface area (Å²) in [6.07, 6.45) is 3.91. The first kappa shape index (κ1) is 15.6. The average molecular weight is 330 g/mol. The molecule has 1 saturated heterocycles. The molecule has 24 heavy (non-hydrogen) atoms. The predicted octanol–water partition coefficient (Wildman–Crippen LogP) is 1.76. The molecular weight excluding hydrogens is 307 g/mol. The van der Waals surface area contributed by atoms with E-state index in [-0.39, 0.29) is 23.1 Å². The Morgan fingerprint density at radius 3 is 3.04 bits per heavy atom. The highest BCUT2D eigenvalue weighted by atomic mass is 19.1. The average Bonchev–Trinajstić information content (AvgIpc) is 3.18. The van der Waals surface area contributed by atoms with Crippen molar-refractivity contribution in [1.82, 2.24) is 20.2 Å². The van der Waals surface area contributed by atoms with Gasteiger partial charge in [-0.3, -0.25) is 4.79 Å². The lowest BCUT2D eigenvalue weighted by atomic mass is 9.92. The van der Waals surface area contributed by atoms with Crippen molar-refractivity contribution in [2.75, 3.05) is 19.6 Å². The van der Waals surface area contributed by atoms with Crippen LogP contribution in [0.3, 0.4) is 0 Å². The summed E-state index contributed by atoms with van der Waals surface area (Å²) in [6.45, 7) is 2.63. The van der Waals surface area contributed by atoms with E-state index in [1.807, 2.05) is 11.6 Å². The minimum atomic E-state index is -0.258. The normalized spacial score (nSPS) is 22.0. The molecule has 1 atom stereocenters. The summed E-state index contributed by atoms with van der Waals surface area (Å²) in [5, 5.41) is 6.42. The lowest BCUT2D eigenvalue weighted by molar-refractivity contribution is -0.123. The van der Waals surface area contributed by atoms with E-state index in [1.165, 1.54) is 12.1 Å². The van der Waals surface area contributed by atoms with Gasteiger partial charge < -0.3 is 15.2 Å². The molecule has 6 heteroatoms. The van der Waals surface area contributed by atoms with Crippen molar-refractivity contribution in [2.45, 2.75) is 25.7 Å². The number of halogens is 1. The van der Waals surface area contributed by atoms with E-state index in [9.17, 15) is 9.18 Å². The van der Waals surface area contributed by atoms with Gasteiger partial charge in [0, 0.05) is 25.9 Å². The van der Waals surface area contributed by atoms with E-state index in [1.54, 1.807) is 6.07 Å². The third-order valence-electron chi connectivity index (χ3n) is 5.69. The number of aryl methyl sites for hydroxylation is 1. The molecule has 1 unspecified atom stereocenters. The quantitative estimate of drug-likeness (QED) is 0.898. The molecule has 1 aromatic carbocycles. The van der Waals surface area contributed by atoms with Gasteiger partial charge in [0.2, 0.25) is 5.91 Å². The molecule has 1 amide bonds. The van der Waals surface area contributed by atoms with Crippen LogP contribution in [-0.2, 0) is 18.3 Å². The molecule has 1 spiro atoms. The summed E-state index contributed by atoms with van der Waals surface area (Å²) >= 11 is 0. The molecule has 0 radical (unpaired) electrons. The van der Waals surface area contributed by atoms with Crippen LogP contribution < -0.4 is 10.6 Å². The molecule has 1 aliphatic carbocycles. The number of imidazole rings is 1. The van der Waals surface area contributed by atoms with Gasteiger partial charge in [-0.05, 0) is 56.0 Å². The van der Waals surface area contributed by atoms with Gasteiger partial charge >= 0.3 is 0 Å². The van der Waals surface area contributed by atoms with Crippen LogP contribution in [0.25, 0.3) is 11.0 Å². The Kier molecular flexibility index (Phi) is 3.79. The second kappa shape index (κ2) is 5.84. The van der Waals surface area contributed by atoms with Gasteiger partial charge in [0.05, 0.1) is 11.0 Å². The Bertz CT molecular complexity index is 779. The van der Waals surface area contributed by atoms with Gasteiger partial charge in [-0.1, -0.05) is 0 Å². The van der Waals surface area contributed by atoms with Crippen LogP contribution in [-0.4, -0.2) is 35.1 Å². The first-order valence-corrected chi connectivity index (χ1v) is 8.68. The highest BCUT2D eigenvalue weighted by Gasteiger charge is 2.57. The number of rotatable bonds is 4. The zero-order chi connectivity index (χ0) is 16.7. The van der Waals surface area contributed by atoms with E-state index >= 15 is 0 Å². The number of hydrogen-bond donors (Lipinski definition) is 2. The molecule has 2 heterocycles. The van der Waals surface area contributed by atoms with Crippen LogP contribution in [0.1, 0.15) is 25.1 Å². The topological polar surface area (TPSA) is 59.0 Å². The van der Waals surface area contributed by atoms with Crippen molar-refractivity contribution in [3.63, 3.8) is 0 Å². The first-order chi connectivity index (χ1) is 11.6. The molecule has 1 aromatic heterocycles. The van der Waals surface area contributed by atoms with Gasteiger partial charge in [-0.25, -0.2) is 9.37 Å². The molecule has 0 bridgehead atoms. The Morgan fingerprint density at radius 1 is 1.46 bits per heavy atom. The third-order valence-corrected chi connectivity index (χ3v) is 5.69. The van der Waals surface area contributed by atoms with Crippen LogP contribution >= 0.6 is 0 Å². The monoisotopic (exact) mass is 330 g/mol. The fourth-order valence-electron chi connectivity index (χ4n) is 4.05. The summed E-state index contributed by atoms with van der Waals surface area (Å²) in [5.74, 6) is 0.977. The highest BCUT2D eigenvalue weighted by molar-refractivity contribution is 5.82. The van der Waals surface area contributed by atoms with Gasteiger partial charge in [-0.2, -0.15) is 0 Å². The molecule has 4 rings (SSSR count). The number of amides is 1. The number of fused-ring (bicyclic) bond motifs is 1. The number of carbonyl (C=O) groups is 1. The van der Waals surface area contributed by atoms with E-state index in [0.717, 1.165) is 49.2 Å². The van der Waals surface area contributed by atoms with Crippen molar-refractivity contribution in [3.8, 4) is 0 Å². The predicted molar refractivity (Wildman–Crippen MR) is 90.0 cm³/mol. The lowest BCUT2D eigenvalue weighted by Gasteiger charge is -2.23. The summed E-state index contributed by atoms with van der Waals surface area (Å²) in [4.78, 5) is 16.9. The number of carbonyl (C=O) groups excluding carboxylic acids is 1. The molecule has 2 aromatic rings. The van der Waals surface area contributed by atoms with E-state index in [2.05, 4.69) is 15.6 Å². The third kappa shape index (κ3) is 2.69. The minimum absolute atomic E-state index is 0.182.